The molecule has 3 N–H and O–H groups in total. The maximum Gasteiger partial charge on any atom is 0.258 e. The normalized spacial score (nSPS) is 15.5. The summed E-state index contributed by atoms with van der Waals surface area (Å²) in [6.07, 6.45) is 7.95. The number of H-pyrrole nitrogens is 3. The highest BCUT2D eigenvalue weighted by Crippen LogP contribution is 2.29. The zero-order valence-electron chi connectivity index (χ0n) is 17.7. The van der Waals surface area contributed by atoms with Gasteiger partial charge in [-0.3, -0.25) is 9.69 Å². The summed E-state index contributed by atoms with van der Waals surface area (Å²) in [4.78, 5) is 24.1. The molecule has 0 bridgehead atoms. The minimum atomic E-state index is -0.0507. The first kappa shape index (κ1) is 19.1. The number of hydrogen-bond acceptors (Lipinski definition) is 3. The number of nitrogens with one attached hydrogen (secondary N) is 3. The molecule has 1 fully saturated rings. The van der Waals surface area contributed by atoms with Gasteiger partial charge in [0.2, 0.25) is 0 Å². The number of benzene rings is 2. The predicted octanol–water partition coefficient (Wildman–Crippen LogP) is 4.49. The number of ether oxygens (including phenoxy) is 1. The van der Waals surface area contributed by atoms with E-state index >= 15 is 0 Å². The van der Waals surface area contributed by atoms with Crippen molar-refractivity contribution in [2.24, 2.45) is 0 Å². The summed E-state index contributed by atoms with van der Waals surface area (Å²) in [5, 5.41) is 3.87. The Morgan fingerprint density at radius 2 is 1.78 bits per heavy atom. The molecule has 0 radical (unpaired) electrons. The van der Waals surface area contributed by atoms with E-state index in [9.17, 15) is 4.79 Å². The van der Waals surface area contributed by atoms with Crippen molar-refractivity contribution in [3.63, 3.8) is 0 Å². The van der Waals surface area contributed by atoms with Crippen LogP contribution in [0.25, 0.3) is 44.7 Å². The van der Waals surface area contributed by atoms with Crippen LogP contribution in [0.3, 0.4) is 0 Å². The van der Waals surface area contributed by atoms with Crippen molar-refractivity contribution in [3.05, 3.63) is 82.0 Å². The molecule has 0 saturated carbocycles. The van der Waals surface area contributed by atoms with Gasteiger partial charge < -0.3 is 19.7 Å². The molecule has 1 aliphatic heterocycles. The maximum atomic E-state index is 12.2. The van der Waals surface area contributed by atoms with E-state index in [4.69, 9.17) is 4.74 Å². The van der Waals surface area contributed by atoms with Crippen molar-refractivity contribution in [3.8, 4) is 0 Å². The fourth-order valence-electron chi connectivity index (χ4n) is 4.56. The summed E-state index contributed by atoms with van der Waals surface area (Å²) in [5.41, 5.74) is 5.28. The summed E-state index contributed by atoms with van der Waals surface area (Å²) < 4.78 is 5.43. The van der Waals surface area contributed by atoms with Gasteiger partial charge in [-0.1, -0.05) is 42.5 Å². The van der Waals surface area contributed by atoms with Crippen LogP contribution in [0.15, 0.2) is 59.7 Å². The van der Waals surface area contributed by atoms with Crippen LogP contribution in [0.4, 0.5) is 0 Å². The molecule has 0 aliphatic carbocycles. The largest absolute Gasteiger partial charge is 0.379 e. The molecule has 6 heteroatoms. The Balaban J connectivity index is 1.27. The van der Waals surface area contributed by atoms with Crippen LogP contribution in [0.2, 0.25) is 0 Å². The highest BCUT2D eigenvalue weighted by atomic mass is 16.5. The Hall–Kier alpha value is -3.61. The molecular formula is C26H24N4O2. The fourth-order valence-corrected chi connectivity index (χ4v) is 4.56. The highest BCUT2D eigenvalue weighted by molar-refractivity contribution is 6.16. The van der Waals surface area contributed by atoms with Crippen molar-refractivity contribution in [1.82, 2.24) is 19.9 Å². The van der Waals surface area contributed by atoms with Gasteiger partial charge in [0.15, 0.2) is 0 Å². The van der Waals surface area contributed by atoms with Crippen molar-refractivity contribution in [2.45, 2.75) is 6.54 Å². The van der Waals surface area contributed by atoms with Gasteiger partial charge in [0.1, 0.15) is 0 Å². The summed E-state index contributed by atoms with van der Waals surface area (Å²) >= 11 is 0. The lowest BCUT2D eigenvalue weighted by molar-refractivity contribution is 0.0342. The predicted molar refractivity (Wildman–Crippen MR) is 130 cm³/mol. The lowest BCUT2D eigenvalue weighted by atomic mass is 10.1. The summed E-state index contributed by atoms with van der Waals surface area (Å²) in [7, 11) is 0. The van der Waals surface area contributed by atoms with E-state index in [-0.39, 0.29) is 5.56 Å². The van der Waals surface area contributed by atoms with Crippen molar-refractivity contribution >= 4 is 44.7 Å². The van der Waals surface area contributed by atoms with Crippen LogP contribution in [0.5, 0.6) is 0 Å². The molecule has 160 valence electrons. The van der Waals surface area contributed by atoms with E-state index < -0.39 is 0 Å². The maximum absolute atomic E-state index is 12.2. The van der Waals surface area contributed by atoms with Crippen molar-refractivity contribution in [1.29, 1.82) is 0 Å². The molecule has 32 heavy (non-hydrogen) atoms. The molecule has 1 saturated heterocycles. The molecule has 0 spiro atoms. The lowest BCUT2D eigenvalue weighted by Gasteiger charge is -2.26. The number of pyridine rings is 1. The topological polar surface area (TPSA) is 76.9 Å². The molecule has 6 nitrogen and oxygen atoms in total. The number of aromatic amines is 3. The Bertz CT molecular complexity index is 1500. The number of aromatic nitrogens is 3. The smallest absolute Gasteiger partial charge is 0.258 e. The van der Waals surface area contributed by atoms with Gasteiger partial charge in [-0.2, -0.15) is 0 Å². The molecule has 3 aromatic heterocycles. The number of rotatable bonds is 4. The van der Waals surface area contributed by atoms with Gasteiger partial charge in [-0.15, -0.1) is 0 Å². The average molecular weight is 425 g/mol. The van der Waals surface area contributed by atoms with E-state index in [2.05, 4.69) is 68.4 Å². The summed E-state index contributed by atoms with van der Waals surface area (Å²) in [6.45, 7) is 4.62. The molecule has 5 aromatic rings. The van der Waals surface area contributed by atoms with E-state index in [1.807, 2.05) is 12.3 Å². The first-order chi connectivity index (χ1) is 15.7. The van der Waals surface area contributed by atoms with Crippen LogP contribution in [0, 0.1) is 0 Å². The average Bonchev–Trinajstić information content (AvgIpc) is 3.39. The Kier molecular flexibility index (Phi) is 4.67. The molecule has 0 unspecified atom stereocenters. The van der Waals surface area contributed by atoms with Gasteiger partial charge in [0.05, 0.1) is 29.6 Å². The van der Waals surface area contributed by atoms with Crippen molar-refractivity contribution < 1.29 is 4.74 Å². The van der Waals surface area contributed by atoms with Gasteiger partial charge in [-0.05, 0) is 28.7 Å². The number of nitrogens with zero attached hydrogens (tertiary/aromatic N) is 1. The molecule has 1 aliphatic rings. The second-order valence-electron chi connectivity index (χ2n) is 8.37. The fraction of sp³-hybridized carbons (Fsp3) is 0.192. The number of morpholine rings is 1. The quantitative estimate of drug-likeness (QED) is 0.398. The molecular weight excluding hydrogens is 400 g/mol. The van der Waals surface area contributed by atoms with E-state index in [1.54, 1.807) is 6.20 Å². The zero-order valence-corrected chi connectivity index (χ0v) is 17.7. The second kappa shape index (κ2) is 7.82. The van der Waals surface area contributed by atoms with Crippen LogP contribution >= 0.6 is 0 Å². The first-order valence-electron chi connectivity index (χ1n) is 11.0. The van der Waals surface area contributed by atoms with Crippen molar-refractivity contribution in [2.75, 3.05) is 26.3 Å². The Morgan fingerprint density at radius 1 is 0.938 bits per heavy atom. The number of fused-ring (bicyclic) bond motifs is 5. The summed E-state index contributed by atoms with van der Waals surface area (Å²) in [6, 6.07) is 14.9. The monoisotopic (exact) mass is 424 g/mol. The van der Waals surface area contributed by atoms with Gasteiger partial charge in [0.25, 0.3) is 5.56 Å². The standard InChI is InChI=1S/C26H24N4O2/c31-26-24-21-8-6-19-14-27-20(13-22(19)25(21)29-23(24)15-28-26)7-5-17-1-3-18(4-2-17)16-30-9-11-32-12-10-30/h1-8,13-15,27,29H,9-12,16H2,(H,28,31). The third-order valence-electron chi connectivity index (χ3n) is 6.29. The SMILES string of the molecule is O=c1[nH]cc2[nH]c3c4cc(C=Cc5ccc(CN6CCOCC6)cc5)[nH]cc4ccc3c12. The minimum absolute atomic E-state index is 0.0507. The molecule has 4 heterocycles. The molecule has 0 amide bonds. The van der Waals surface area contributed by atoms with Gasteiger partial charge in [0, 0.05) is 48.5 Å². The van der Waals surface area contributed by atoms with Crippen LogP contribution in [0.1, 0.15) is 16.8 Å². The number of hydrogen-bond donors (Lipinski definition) is 3. The van der Waals surface area contributed by atoms with Crippen LogP contribution in [-0.4, -0.2) is 46.2 Å². The molecule has 2 aromatic carbocycles. The third kappa shape index (κ3) is 3.43. The molecule has 0 atom stereocenters. The van der Waals surface area contributed by atoms with E-state index in [1.165, 1.54) is 5.56 Å². The Morgan fingerprint density at radius 3 is 2.62 bits per heavy atom. The van der Waals surface area contributed by atoms with Gasteiger partial charge in [-0.25, -0.2) is 0 Å². The highest BCUT2D eigenvalue weighted by Gasteiger charge is 2.12. The van der Waals surface area contributed by atoms with Crippen LogP contribution < -0.4 is 5.56 Å². The van der Waals surface area contributed by atoms with E-state index in [0.717, 1.165) is 76.7 Å². The van der Waals surface area contributed by atoms with Crippen LogP contribution in [-0.2, 0) is 11.3 Å². The van der Waals surface area contributed by atoms with Gasteiger partial charge >= 0.3 is 0 Å². The lowest BCUT2D eigenvalue weighted by Crippen LogP contribution is -2.35. The summed E-state index contributed by atoms with van der Waals surface area (Å²) in [5.74, 6) is 0. The van der Waals surface area contributed by atoms with E-state index in [0.29, 0.717) is 0 Å². The third-order valence-corrected chi connectivity index (χ3v) is 6.29. The Labute approximate surface area is 184 Å². The second-order valence-corrected chi connectivity index (χ2v) is 8.37. The first-order valence-corrected chi connectivity index (χ1v) is 11.0. The zero-order chi connectivity index (χ0) is 21.5. The minimum Gasteiger partial charge on any atom is -0.379 e. The molecule has 6 rings (SSSR count).